The molecule has 0 aliphatic heterocycles. The molecular weight excluding hydrogens is 688 g/mol. The van der Waals surface area contributed by atoms with Crippen LogP contribution in [0.4, 0.5) is 0 Å². The lowest BCUT2D eigenvalue weighted by atomic mass is 10.2. The van der Waals surface area contributed by atoms with Crippen LogP contribution in [0.1, 0.15) is 11.1 Å². The van der Waals surface area contributed by atoms with Crippen molar-refractivity contribution >= 4 is 108 Å². The van der Waals surface area contributed by atoms with Gasteiger partial charge < -0.3 is 4.74 Å². The largest absolute Gasteiger partial charge is 0.473 e. The van der Waals surface area contributed by atoms with E-state index in [0.29, 0.717) is 0 Å². The maximum Gasteiger partial charge on any atom is 0.0908 e. The summed E-state index contributed by atoms with van der Waals surface area (Å²) < 4.78 is 11.3. The van der Waals surface area contributed by atoms with Gasteiger partial charge in [-0.2, -0.15) is 0 Å². The standard InChI is InChI=1S/C16H8Br6O/c17-9-5-13(19)11(14(20)6-9)1-3-23-4-2-12-15(21)7-10(18)8-16(12)22/h1-8H. The molecule has 1 nitrogen and oxygen atoms in total. The Labute approximate surface area is 185 Å². The highest BCUT2D eigenvalue weighted by atomic mass is 79.9. The van der Waals surface area contributed by atoms with Crippen molar-refractivity contribution < 1.29 is 4.74 Å². The quantitative estimate of drug-likeness (QED) is 0.291. The monoisotopic (exact) mass is 690 g/mol. The van der Waals surface area contributed by atoms with Crippen LogP contribution in [0.3, 0.4) is 0 Å². The fourth-order valence-electron chi connectivity index (χ4n) is 1.69. The fraction of sp³-hybridized carbons (Fsp3) is 0. The molecule has 0 N–H and O–H groups in total. The van der Waals surface area contributed by atoms with Crippen molar-refractivity contribution in [2.75, 3.05) is 0 Å². The molecule has 0 fully saturated rings. The number of hydrogen-bond donors (Lipinski definition) is 0. The SMILES string of the molecule is Brc1cc(Br)c(C=COC=Cc2c(Br)cc(Br)cc2Br)c(Br)c1. The first-order valence-corrected chi connectivity index (χ1v) is 10.9. The minimum atomic E-state index is 0.973. The molecule has 0 heterocycles. The average Bonchev–Trinajstić information content (AvgIpc) is 2.42. The maximum absolute atomic E-state index is 5.45. The Balaban J connectivity index is 2.08. The number of ether oxygens (including phenoxy) is 1. The van der Waals surface area contributed by atoms with Crippen LogP contribution in [-0.4, -0.2) is 0 Å². The van der Waals surface area contributed by atoms with Crippen LogP contribution < -0.4 is 0 Å². The van der Waals surface area contributed by atoms with Gasteiger partial charge in [-0.15, -0.1) is 0 Å². The molecule has 0 saturated heterocycles. The van der Waals surface area contributed by atoms with E-state index in [0.717, 1.165) is 38.0 Å². The third-order valence-electron chi connectivity index (χ3n) is 2.71. The van der Waals surface area contributed by atoms with Gasteiger partial charge in [-0.3, -0.25) is 0 Å². The summed E-state index contributed by atoms with van der Waals surface area (Å²) in [5.41, 5.74) is 2.01. The summed E-state index contributed by atoms with van der Waals surface area (Å²) in [7, 11) is 0. The molecule has 2 aromatic rings. The van der Waals surface area contributed by atoms with Crippen molar-refractivity contribution in [1.82, 2.24) is 0 Å². The van der Waals surface area contributed by atoms with Crippen molar-refractivity contribution in [3.63, 3.8) is 0 Å². The van der Waals surface area contributed by atoms with E-state index < -0.39 is 0 Å². The summed E-state index contributed by atoms with van der Waals surface area (Å²) in [5.74, 6) is 0. The van der Waals surface area contributed by atoms with Gasteiger partial charge in [-0.25, -0.2) is 0 Å². The van der Waals surface area contributed by atoms with Gasteiger partial charge in [0, 0.05) is 38.0 Å². The zero-order valence-electron chi connectivity index (χ0n) is 11.3. The Bertz CT molecular complexity index is 671. The van der Waals surface area contributed by atoms with E-state index in [1.807, 2.05) is 36.4 Å². The Morgan fingerprint density at radius 3 is 1.17 bits per heavy atom. The highest BCUT2D eigenvalue weighted by Gasteiger charge is 2.04. The molecule has 0 bridgehead atoms. The van der Waals surface area contributed by atoms with Gasteiger partial charge in [-0.1, -0.05) is 95.6 Å². The number of halogens is 6. The molecule has 2 rings (SSSR count). The second-order valence-corrected chi connectivity index (χ2v) is 9.56. The van der Waals surface area contributed by atoms with E-state index in [1.54, 1.807) is 12.5 Å². The molecule has 0 aliphatic rings. The number of rotatable bonds is 4. The molecule has 0 spiro atoms. The summed E-state index contributed by atoms with van der Waals surface area (Å²) in [6, 6.07) is 7.93. The van der Waals surface area contributed by atoms with Crippen molar-refractivity contribution in [2.45, 2.75) is 0 Å². The molecule has 0 aliphatic carbocycles. The van der Waals surface area contributed by atoms with Crippen LogP contribution in [-0.2, 0) is 4.74 Å². The van der Waals surface area contributed by atoms with Gasteiger partial charge >= 0.3 is 0 Å². The Hall–Kier alpha value is 0.600. The molecular formula is C16H8Br6O. The molecule has 120 valence electrons. The van der Waals surface area contributed by atoms with E-state index >= 15 is 0 Å². The highest BCUT2D eigenvalue weighted by molar-refractivity contribution is 9.12. The molecule has 0 unspecified atom stereocenters. The van der Waals surface area contributed by atoms with E-state index in [4.69, 9.17) is 4.74 Å². The third-order valence-corrected chi connectivity index (χ3v) is 6.25. The summed E-state index contributed by atoms with van der Waals surface area (Å²) in [6.07, 6.45) is 7.04. The third kappa shape index (κ3) is 5.82. The summed E-state index contributed by atoms with van der Waals surface area (Å²) in [5, 5.41) is 0. The first-order chi connectivity index (χ1) is 10.9. The molecule has 0 radical (unpaired) electrons. The van der Waals surface area contributed by atoms with E-state index in [2.05, 4.69) is 95.6 Å². The minimum absolute atomic E-state index is 0.973. The normalized spacial score (nSPS) is 11.6. The van der Waals surface area contributed by atoms with Crippen LogP contribution in [0, 0.1) is 0 Å². The molecule has 2 aromatic carbocycles. The molecule has 0 amide bonds. The van der Waals surface area contributed by atoms with Crippen LogP contribution >= 0.6 is 95.6 Å². The molecule has 0 atom stereocenters. The highest BCUT2D eigenvalue weighted by Crippen LogP contribution is 2.32. The Kier molecular flexibility index (Phi) is 8.09. The van der Waals surface area contributed by atoms with E-state index in [1.165, 1.54) is 0 Å². The van der Waals surface area contributed by atoms with Gasteiger partial charge in [0.25, 0.3) is 0 Å². The van der Waals surface area contributed by atoms with Gasteiger partial charge in [-0.05, 0) is 36.4 Å². The van der Waals surface area contributed by atoms with Crippen LogP contribution in [0.25, 0.3) is 12.2 Å². The predicted molar refractivity (Wildman–Crippen MR) is 118 cm³/mol. The fourth-order valence-corrected chi connectivity index (χ4v) is 6.73. The second kappa shape index (κ2) is 9.34. The van der Waals surface area contributed by atoms with Gasteiger partial charge in [0.2, 0.25) is 0 Å². The smallest absolute Gasteiger partial charge is 0.0908 e. The van der Waals surface area contributed by atoms with Crippen LogP contribution in [0.15, 0.2) is 63.6 Å². The molecule has 23 heavy (non-hydrogen) atoms. The van der Waals surface area contributed by atoms with Gasteiger partial charge in [0.15, 0.2) is 0 Å². The zero-order chi connectivity index (χ0) is 17.0. The second-order valence-electron chi connectivity index (χ2n) is 4.31. The van der Waals surface area contributed by atoms with Crippen molar-refractivity contribution in [3.05, 3.63) is 74.8 Å². The van der Waals surface area contributed by atoms with Crippen LogP contribution in [0.2, 0.25) is 0 Å². The zero-order valence-corrected chi connectivity index (χ0v) is 20.8. The lowest BCUT2D eigenvalue weighted by Gasteiger charge is -2.04. The topological polar surface area (TPSA) is 9.23 Å². The van der Waals surface area contributed by atoms with Crippen molar-refractivity contribution in [3.8, 4) is 0 Å². The Morgan fingerprint density at radius 1 is 0.565 bits per heavy atom. The van der Waals surface area contributed by atoms with E-state index in [9.17, 15) is 0 Å². The lowest BCUT2D eigenvalue weighted by Crippen LogP contribution is -1.81. The van der Waals surface area contributed by atoms with E-state index in [-0.39, 0.29) is 0 Å². The summed E-state index contributed by atoms with van der Waals surface area (Å²) >= 11 is 21.0. The van der Waals surface area contributed by atoms with Gasteiger partial charge in [0.1, 0.15) is 0 Å². The van der Waals surface area contributed by atoms with Crippen molar-refractivity contribution in [1.29, 1.82) is 0 Å². The summed E-state index contributed by atoms with van der Waals surface area (Å²) in [4.78, 5) is 0. The number of benzene rings is 2. The Morgan fingerprint density at radius 2 is 0.870 bits per heavy atom. The van der Waals surface area contributed by atoms with Gasteiger partial charge in [0.05, 0.1) is 12.5 Å². The van der Waals surface area contributed by atoms with Crippen molar-refractivity contribution in [2.24, 2.45) is 0 Å². The lowest BCUT2D eigenvalue weighted by molar-refractivity contribution is 0.410. The first kappa shape index (κ1) is 19.9. The first-order valence-electron chi connectivity index (χ1n) is 6.16. The maximum atomic E-state index is 5.45. The average molecular weight is 696 g/mol. The minimum Gasteiger partial charge on any atom is -0.473 e. The summed E-state index contributed by atoms with van der Waals surface area (Å²) in [6.45, 7) is 0. The molecule has 0 saturated carbocycles. The predicted octanol–water partition coefficient (Wildman–Crippen LogP) is 8.92. The molecule has 7 heteroatoms. The number of hydrogen-bond acceptors (Lipinski definition) is 1. The van der Waals surface area contributed by atoms with Crippen LogP contribution in [0.5, 0.6) is 0 Å². The molecule has 0 aromatic heterocycles.